The topological polar surface area (TPSA) is 90.0 Å². The number of carboxylic acid groups (broad SMARTS) is 1. The first-order valence-electron chi connectivity index (χ1n) is 8.23. The van der Waals surface area contributed by atoms with Crippen molar-refractivity contribution in [3.8, 4) is 0 Å². The summed E-state index contributed by atoms with van der Waals surface area (Å²) in [6.45, 7) is 2.53. The number of H-pyrrole nitrogens is 1. The molecule has 6 nitrogen and oxygen atoms in total. The SMILES string of the molecule is CCCNc1cc2[nH]c(Nc3ccccc3C(F)(F)F)nc2cc1C(=O)O. The molecule has 9 heteroatoms. The highest BCUT2D eigenvalue weighted by Crippen LogP contribution is 2.36. The van der Waals surface area contributed by atoms with Crippen molar-refractivity contribution in [3.63, 3.8) is 0 Å². The summed E-state index contributed by atoms with van der Waals surface area (Å²) in [6, 6.07) is 8.02. The first-order valence-corrected chi connectivity index (χ1v) is 8.23. The number of carboxylic acids is 1. The van der Waals surface area contributed by atoms with Crippen LogP contribution in [0, 0.1) is 0 Å². The summed E-state index contributed by atoms with van der Waals surface area (Å²) in [5, 5.41) is 15.0. The number of benzene rings is 2. The number of hydrogen-bond donors (Lipinski definition) is 4. The van der Waals surface area contributed by atoms with Crippen LogP contribution in [-0.4, -0.2) is 27.6 Å². The maximum atomic E-state index is 13.1. The summed E-state index contributed by atoms with van der Waals surface area (Å²) >= 11 is 0. The molecule has 1 aromatic heterocycles. The Morgan fingerprint density at radius 2 is 1.96 bits per heavy atom. The minimum absolute atomic E-state index is 0.0460. The second kappa shape index (κ2) is 7.18. The Morgan fingerprint density at radius 3 is 2.63 bits per heavy atom. The fourth-order valence-corrected chi connectivity index (χ4v) is 2.67. The van der Waals surface area contributed by atoms with Crippen molar-refractivity contribution < 1.29 is 23.1 Å². The summed E-state index contributed by atoms with van der Waals surface area (Å²) < 4.78 is 39.4. The van der Waals surface area contributed by atoms with Gasteiger partial charge in [-0.15, -0.1) is 0 Å². The van der Waals surface area contributed by atoms with Gasteiger partial charge in [-0.05, 0) is 30.7 Å². The molecule has 2 aromatic carbocycles. The molecule has 0 aliphatic carbocycles. The summed E-state index contributed by atoms with van der Waals surface area (Å²) in [7, 11) is 0. The van der Waals surface area contributed by atoms with Crippen LogP contribution in [0.4, 0.5) is 30.5 Å². The van der Waals surface area contributed by atoms with E-state index in [0.717, 1.165) is 12.5 Å². The third-order valence-corrected chi connectivity index (χ3v) is 3.90. The van der Waals surface area contributed by atoms with Gasteiger partial charge in [0.15, 0.2) is 0 Å². The standard InChI is InChI=1S/C18H17F3N4O2/c1-2-7-22-13-9-15-14(8-10(13)16(26)27)24-17(25-15)23-12-6-4-3-5-11(12)18(19,20)21/h3-6,8-9,22H,2,7H2,1H3,(H,26,27)(H2,23,24,25). The molecule has 1 heterocycles. The number of aromatic amines is 1. The number of rotatable bonds is 6. The van der Waals surface area contributed by atoms with E-state index in [1.807, 2.05) is 6.92 Å². The summed E-state index contributed by atoms with van der Waals surface area (Å²) in [6.07, 6.45) is -3.70. The number of nitrogens with one attached hydrogen (secondary N) is 3. The van der Waals surface area contributed by atoms with Crippen LogP contribution in [-0.2, 0) is 6.18 Å². The Kier molecular flexibility index (Phi) is 4.93. The van der Waals surface area contributed by atoms with Crippen LogP contribution in [0.1, 0.15) is 29.3 Å². The van der Waals surface area contributed by atoms with E-state index in [0.29, 0.717) is 23.3 Å². The Morgan fingerprint density at radius 1 is 1.22 bits per heavy atom. The van der Waals surface area contributed by atoms with E-state index in [-0.39, 0.29) is 17.2 Å². The van der Waals surface area contributed by atoms with E-state index in [1.165, 1.54) is 24.3 Å². The second-order valence-electron chi connectivity index (χ2n) is 5.90. The predicted molar refractivity (Wildman–Crippen MR) is 96.6 cm³/mol. The Labute approximate surface area is 152 Å². The molecule has 4 N–H and O–H groups in total. The largest absolute Gasteiger partial charge is 0.478 e. The fourth-order valence-electron chi connectivity index (χ4n) is 2.67. The Hall–Kier alpha value is -3.23. The summed E-state index contributed by atoms with van der Waals surface area (Å²) in [5.41, 5.74) is 0.341. The number of fused-ring (bicyclic) bond motifs is 1. The van der Waals surface area contributed by atoms with Crippen molar-refractivity contribution >= 4 is 34.3 Å². The molecule has 27 heavy (non-hydrogen) atoms. The van der Waals surface area contributed by atoms with Gasteiger partial charge in [0.2, 0.25) is 5.95 Å². The van der Waals surface area contributed by atoms with Crippen LogP contribution in [0.2, 0.25) is 0 Å². The average Bonchev–Trinajstić information content (AvgIpc) is 2.99. The molecule has 0 aliphatic rings. The molecule has 0 unspecified atom stereocenters. The van der Waals surface area contributed by atoms with E-state index < -0.39 is 17.7 Å². The molecule has 3 aromatic rings. The van der Waals surface area contributed by atoms with Crippen LogP contribution in [0.25, 0.3) is 11.0 Å². The third kappa shape index (κ3) is 3.97. The van der Waals surface area contributed by atoms with Gasteiger partial charge in [-0.25, -0.2) is 9.78 Å². The third-order valence-electron chi connectivity index (χ3n) is 3.90. The molecule has 0 fully saturated rings. The van der Waals surface area contributed by atoms with Gasteiger partial charge < -0.3 is 20.7 Å². The quantitative estimate of drug-likeness (QED) is 0.493. The minimum atomic E-state index is -4.51. The van der Waals surface area contributed by atoms with Crippen molar-refractivity contribution in [2.75, 3.05) is 17.2 Å². The molecule has 142 valence electrons. The van der Waals surface area contributed by atoms with Crippen molar-refractivity contribution in [1.29, 1.82) is 0 Å². The van der Waals surface area contributed by atoms with Gasteiger partial charge in [-0.3, -0.25) is 0 Å². The molecule has 0 saturated heterocycles. The number of alkyl halides is 3. The molecule has 0 spiro atoms. The van der Waals surface area contributed by atoms with E-state index in [1.54, 1.807) is 6.07 Å². The molecular weight excluding hydrogens is 361 g/mol. The molecule has 0 saturated carbocycles. The predicted octanol–water partition coefficient (Wildman–Crippen LogP) is 4.85. The molecule has 0 radical (unpaired) electrons. The smallest absolute Gasteiger partial charge is 0.418 e. The zero-order valence-electron chi connectivity index (χ0n) is 14.3. The number of imidazole rings is 1. The first-order chi connectivity index (χ1) is 12.8. The van der Waals surface area contributed by atoms with Crippen LogP contribution >= 0.6 is 0 Å². The van der Waals surface area contributed by atoms with Crippen LogP contribution in [0.15, 0.2) is 36.4 Å². The molecule has 3 rings (SSSR count). The lowest BCUT2D eigenvalue weighted by molar-refractivity contribution is -0.136. The van der Waals surface area contributed by atoms with Gasteiger partial charge in [0.1, 0.15) is 0 Å². The Bertz CT molecular complexity index is 982. The fraction of sp³-hybridized carbons (Fsp3) is 0.222. The van der Waals surface area contributed by atoms with E-state index in [4.69, 9.17) is 0 Å². The van der Waals surface area contributed by atoms with E-state index in [9.17, 15) is 23.1 Å². The number of carbonyl (C=O) groups is 1. The van der Waals surface area contributed by atoms with Gasteiger partial charge in [-0.2, -0.15) is 13.2 Å². The molecule has 0 aliphatic heterocycles. The average molecular weight is 378 g/mol. The highest BCUT2D eigenvalue weighted by molar-refractivity contribution is 5.99. The highest BCUT2D eigenvalue weighted by atomic mass is 19.4. The Balaban J connectivity index is 1.99. The first kappa shape index (κ1) is 18.6. The zero-order chi connectivity index (χ0) is 19.6. The minimum Gasteiger partial charge on any atom is -0.478 e. The number of hydrogen-bond acceptors (Lipinski definition) is 4. The summed E-state index contributed by atoms with van der Waals surface area (Å²) in [4.78, 5) is 18.5. The number of aromatic nitrogens is 2. The van der Waals surface area contributed by atoms with E-state index in [2.05, 4.69) is 20.6 Å². The number of anilines is 3. The maximum absolute atomic E-state index is 13.1. The van der Waals surface area contributed by atoms with Crippen molar-refractivity contribution in [1.82, 2.24) is 9.97 Å². The molecule has 0 amide bonds. The highest BCUT2D eigenvalue weighted by Gasteiger charge is 2.33. The van der Waals surface area contributed by atoms with Crippen molar-refractivity contribution in [2.45, 2.75) is 19.5 Å². The number of aromatic carboxylic acids is 1. The van der Waals surface area contributed by atoms with Gasteiger partial charge in [0, 0.05) is 6.54 Å². The number of para-hydroxylation sites is 1. The van der Waals surface area contributed by atoms with Crippen LogP contribution in [0.5, 0.6) is 0 Å². The lowest BCUT2D eigenvalue weighted by Gasteiger charge is -2.12. The van der Waals surface area contributed by atoms with Crippen molar-refractivity contribution in [2.24, 2.45) is 0 Å². The maximum Gasteiger partial charge on any atom is 0.418 e. The van der Waals surface area contributed by atoms with Gasteiger partial charge in [0.25, 0.3) is 0 Å². The monoisotopic (exact) mass is 378 g/mol. The van der Waals surface area contributed by atoms with Gasteiger partial charge in [-0.1, -0.05) is 19.1 Å². The second-order valence-corrected chi connectivity index (χ2v) is 5.90. The molecule has 0 atom stereocenters. The zero-order valence-corrected chi connectivity index (χ0v) is 14.3. The normalized spacial score (nSPS) is 11.6. The van der Waals surface area contributed by atoms with Gasteiger partial charge >= 0.3 is 12.1 Å². The van der Waals surface area contributed by atoms with Gasteiger partial charge in [0.05, 0.1) is 33.5 Å². The lowest BCUT2D eigenvalue weighted by atomic mass is 10.1. The number of halogens is 3. The van der Waals surface area contributed by atoms with Crippen LogP contribution in [0.3, 0.4) is 0 Å². The lowest BCUT2D eigenvalue weighted by Crippen LogP contribution is -2.08. The van der Waals surface area contributed by atoms with E-state index >= 15 is 0 Å². The summed E-state index contributed by atoms with van der Waals surface area (Å²) in [5.74, 6) is -1.03. The molecule has 0 bridgehead atoms. The van der Waals surface area contributed by atoms with Crippen LogP contribution < -0.4 is 10.6 Å². The van der Waals surface area contributed by atoms with Crippen molar-refractivity contribution in [3.05, 3.63) is 47.5 Å². The number of nitrogens with zero attached hydrogens (tertiary/aromatic N) is 1. The molecular formula is C18H17F3N4O2.